The first kappa shape index (κ1) is 11.6. The van der Waals surface area contributed by atoms with Crippen LogP contribution in [0.4, 0.5) is 0 Å². The fraction of sp³-hybridized carbons (Fsp3) is 0.769. The molecule has 3 nitrogen and oxygen atoms in total. The second-order valence-electron chi connectivity index (χ2n) is 5.76. The van der Waals surface area contributed by atoms with E-state index in [-0.39, 0.29) is 6.04 Å². The van der Waals surface area contributed by atoms with Crippen molar-refractivity contribution >= 4 is 0 Å². The molecule has 0 saturated heterocycles. The molecule has 1 aromatic rings. The van der Waals surface area contributed by atoms with Crippen molar-refractivity contribution in [2.75, 3.05) is 0 Å². The van der Waals surface area contributed by atoms with Crippen molar-refractivity contribution in [3.8, 4) is 0 Å². The van der Waals surface area contributed by atoms with Crippen LogP contribution in [-0.2, 0) is 0 Å². The van der Waals surface area contributed by atoms with Crippen LogP contribution in [0.5, 0.6) is 0 Å². The van der Waals surface area contributed by atoms with Gasteiger partial charge in [-0.25, -0.2) is 4.98 Å². The average molecular weight is 221 g/mol. The minimum Gasteiger partial charge on any atom is -0.330 e. The van der Waals surface area contributed by atoms with Crippen LogP contribution < -0.4 is 5.73 Å². The van der Waals surface area contributed by atoms with Gasteiger partial charge in [0.05, 0.1) is 12.0 Å². The van der Waals surface area contributed by atoms with Crippen molar-refractivity contribution in [1.82, 2.24) is 9.55 Å². The number of hydrogen-bond donors (Lipinski definition) is 1. The molecule has 0 amide bonds. The molecule has 90 valence electrons. The van der Waals surface area contributed by atoms with E-state index in [0.717, 1.165) is 0 Å². The monoisotopic (exact) mass is 221 g/mol. The molecule has 1 aliphatic rings. The van der Waals surface area contributed by atoms with Crippen molar-refractivity contribution in [3.05, 3.63) is 18.2 Å². The van der Waals surface area contributed by atoms with Gasteiger partial charge in [-0.2, -0.15) is 0 Å². The third-order valence-electron chi connectivity index (χ3n) is 3.95. The molecular weight excluding hydrogens is 198 g/mol. The predicted octanol–water partition coefficient (Wildman–Crippen LogP) is 3.04. The summed E-state index contributed by atoms with van der Waals surface area (Å²) < 4.78 is 2.31. The minimum atomic E-state index is 0.0697. The third kappa shape index (κ3) is 2.01. The molecule has 1 heterocycles. The lowest BCUT2D eigenvalue weighted by Crippen LogP contribution is -2.32. The molecule has 0 aromatic carbocycles. The lowest BCUT2D eigenvalue weighted by atomic mass is 9.73. The number of nitrogens with two attached hydrogens (primary N) is 1. The van der Waals surface area contributed by atoms with E-state index < -0.39 is 0 Å². The summed E-state index contributed by atoms with van der Waals surface area (Å²) >= 11 is 0. The molecule has 2 atom stereocenters. The molecule has 2 N–H and O–H groups in total. The Bertz CT molecular complexity index is 352. The van der Waals surface area contributed by atoms with E-state index in [4.69, 9.17) is 5.73 Å². The van der Waals surface area contributed by atoms with Gasteiger partial charge in [0.2, 0.25) is 0 Å². The summed E-state index contributed by atoms with van der Waals surface area (Å²) in [6.07, 6.45) is 9.10. The molecule has 0 spiro atoms. The van der Waals surface area contributed by atoms with Gasteiger partial charge in [-0.1, -0.05) is 26.7 Å². The second kappa shape index (κ2) is 4.21. The zero-order chi connectivity index (χ0) is 11.8. The maximum atomic E-state index is 5.99. The molecule has 1 unspecified atom stereocenters. The van der Waals surface area contributed by atoms with E-state index in [1.807, 2.05) is 19.4 Å². The Morgan fingerprint density at radius 2 is 2.25 bits per heavy atom. The van der Waals surface area contributed by atoms with Crippen molar-refractivity contribution in [1.29, 1.82) is 0 Å². The van der Waals surface area contributed by atoms with E-state index >= 15 is 0 Å². The van der Waals surface area contributed by atoms with Crippen molar-refractivity contribution in [3.63, 3.8) is 0 Å². The normalized spacial score (nSPS) is 26.6. The summed E-state index contributed by atoms with van der Waals surface area (Å²) in [6, 6.07) is 0.630. The maximum Gasteiger partial charge on any atom is 0.0951 e. The minimum absolute atomic E-state index is 0.0697. The van der Waals surface area contributed by atoms with Gasteiger partial charge in [-0.15, -0.1) is 0 Å². The Kier molecular flexibility index (Phi) is 3.06. The fourth-order valence-electron chi connectivity index (χ4n) is 2.92. The van der Waals surface area contributed by atoms with E-state index in [2.05, 4.69) is 23.4 Å². The van der Waals surface area contributed by atoms with Crippen LogP contribution >= 0.6 is 0 Å². The van der Waals surface area contributed by atoms with Crippen LogP contribution in [0, 0.1) is 5.41 Å². The molecule has 1 aliphatic carbocycles. The summed E-state index contributed by atoms with van der Waals surface area (Å²) in [5.41, 5.74) is 7.52. The second-order valence-corrected chi connectivity index (χ2v) is 5.76. The first-order valence-electron chi connectivity index (χ1n) is 6.29. The highest BCUT2D eigenvalue weighted by Crippen LogP contribution is 2.44. The highest BCUT2D eigenvalue weighted by Gasteiger charge is 2.34. The number of hydrogen-bond acceptors (Lipinski definition) is 2. The Balaban J connectivity index is 2.31. The van der Waals surface area contributed by atoms with E-state index in [0.29, 0.717) is 11.5 Å². The molecule has 0 radical (unpaired) electrons. The summed E-state index contributed by atoms with van der Waals surface area (Å²) in [7, 11) is 0. The van der Waals surface area contributed by atoms with Crippen molar-refractivity contribution < 1.29 is 0 Å². The molecule has 0 aliphatic heterocycles. The van der Waals surface area contributed by atoms with Gasteiger partial charge >= 0.3 is 0 Å². The van der Waals surface area contributed by atoms with Crippen LogP contribution in [0.2, 0.25) is 0 Å². The quantitative estimate of drug-likeness (QED) is 0.834. The zero-order valence-electron chi connectivity index (χ0n) is 10.6. The van der Waals surface area contributed by atoms with Gasteiger partial charge in [0.25, 0.3) is 0 Å². The number of nitrogens with zero attached hydrogens (tertiary/aromatic N) is 2. The van der Waals surface area contributed by atoms with Crippen LogP contribution in [0.3, 0.4) is 0 Å². The summed E-state index contributed by atoms with van der Waals surface area (Å²) in [5.74, 6) is 0. The Hall–Kier alpha value is -0.830. The topological polar surface area (TPSA) is 43.8 Å². The molecule has 1 fully saturated rings. The maximum absolute atomic E-state index is 5.99. The van der Waals surface area contributed by atoms with Crippen LogP contribution in [0.15, 0.2) is 12.5 Å². The predicted molar refractivity (Wildman–Crippen MR) is 66.1 cm³/mol. The lowest BCUT2D eigenvalue weighted by Gasteiger charge is -2.40. The molecular formula is C13H23N3. The first-order valence-corrected chi connectivity index (χ1v) is 6.29. The Morgan fingerprint density at radius 1 is 1.50 bits per heavy atom. The summed E-state index contributed by atoms with van der Waals surface area (Å²) in [5, 5.41) is 0. The van der Waals surface area contributed by atoms with Gasteiger partial charge in [0.1, 0.15) is 0 Å². The van der Waals surface area contributed by atoms with E-state index in [9.17, 15) is 0 Å². The van der Waals surface area contributed by atoms with E-state index in [1.54, 1.807) is 0 Å². The smallest absolute Gasteiger partial charge is 0.0951 e. The Labute approximate surface area is 98.1 Å². The third-order valence-corrected chi connectivity index (χ3v) is 3.95. The molecule has 1 saturated carbocycles. The molecule has 2 rings (SSSR count). The first-order chi connectivity index (χ1) is 7.52. The highest BCUT2D eigenvalue weighted by atomic mass is 15.1. The van der Waals surface area contributed by atoms with Crippen LogP contribution in [0.1, 0.15) is 64.2 Å². The Morgan fingerprint density at radius 3 is 2.88 bits per heavy atom. The van der Waals surface area contributed by atoms with Gasteiger partial charge < -0.3 is 10.3 Å². The lowest BCUT2D eigenvalue weighted by molar-refractivity contribution is 0.141. The van der Waals surface area contributed by atoms with Crippen LogP contribution in [0.25, 0.3) is 0 Å². The average Bonchev–Trinajstić information content (AvgIpc) is 2.65. The van der Waals surface area contributed by atoms with Gasteiger partial charge in [0.15, 0.2) is 0 Å². The van der Waals surface area contributed by atoms with E-state index in [1.165, 1.54) is 31.4 Å². The fourth-order valence-corrected chi connectivity index (χ4v) is 2.92. The van der Waals surface area contributed by atoms with Crippen molar-refractivity contribution in [2.45, 2.75) is 58.5 Å². The van der Waals surface area contributed by atoms with Gasteiger partial charge in [-0.3, -0.25) is 0 Å². The molecule has 0 bridgehead atoms. The van der Waals surface area contributed by atoms with Gasteiger partial charge in [-0.05, 0) is 25.2 Å². The number of rotatable bonds is 2. The summed E-state index contributed by atoms with van der Waals surface area (Å²) in [6.45, 7) is 6.76. The SMILES string of the molecule is C[C@H](N)c1cncn1C1CCCCC1(C)C. The largest absolute Gasteiger partial charge is 0.330 e. The van der Waals surface area contributed by atoms with Gasteiger partial charge in [0, 0.05) is 18.3 Å². The number of aromatic nitrogens is 2. The standard InChI is InChI=1S/C13H23N3/c1-10(14)11-8-15-9-16(11)12-6-4-5-7-13(12,2)3/h8-10,12H,4-7,14H2,1-3H3/t10-,12?/m0/s1. The zero-order valence-corrected chi connectivity index (χ0v) is 10.6. The number of imidazole rings is 1. The molecule has 16 heavy (non-hydrogen) atoms. The molecule has 1 aromatic heterocycles. The summed E-state index contributed by atoms with van der Waals surface area (Å²) in [4.78, 5) is 4.27. The molecule has 3 heteroatoms. The highest BCUT2D eigenvalue weighted by molar-refractivity contribution is 5.07. The van der Waals surface area contributed by atoms with Crippen molar-refractivity contribution in [2.24, 2.45) is 11.1 Å². The van der Waals surface area contributed by atoms with Crippen LogP contribution in [-0.4, -0.2) is 9.55 Å².